The molecule has 0 amide bonds. The van der Waals surface area contributed by atoms with Gasteiger partial charge in [-0.3, -0.25) is 0 Å². The van der Waals surface area contributed by atoms with Gasteiger partial charge in [-0.1, -0.05) is 162 Å². The van der Waals surface area contributed by atoms with Gasteiger partial charge in [0.25, 0.3) is 0 Å². The van der Waals surface area contributed by atoms with Crippen molar-refractivity contribution in [1.29, 1.82) is 0 Å². The highest BCUT2D eigenvalue weighted by atomic mass is 32.1. The van der Waals surface area contributed by atoms with Crippen LogP contribution in [0.1, 0.15) is 0 Å². The highest BCUT2D eigenvalue weighted by molar-refractivity contribution is 7.27. The number of hydrogen-bond acceptors (Lipinski definition) is 3. The minimum Gasteiger partial charge on any atom is -0.309 e. The van der Waals surface area contributed by atoms with Crippen LogP contribution in [0.2, 0.25) is 0 Å². The largest absolute Gasteiger partial charge is 0.309 e. The summed E-state index contributed by atoms with van der Waals surface area (Å²) < 4.78 is 5.39. The summed E-state index contributed by atoms with van der Waals surface area (Å²) in [5.74, 6) is 0. The number of fused-ring (bicyclic) bond motifs is 4. The van der Waals surface area contributed by atoms with E-state index in [1.165, 1.54) is 101 Å². The van der Waals surface area contributed by atoms with Gasteiger partial charge in [-0.2, -0.15) is 0 Å². The molecule has 0 atom stereocenters. The summed E-state index contributed by atoms with van der Waals surface area (Å²) in [5.41, 5.74) is 17.6. The lowest BCUT2D eigenvalue weighted by atomic mass is 9.35. The van der Waals surface area contributed by atoms with Crippen molar-refractivity contribution >= 4 is 103 Å². The third-order valence-electron chi connectivity index (χ3n) is 12.5. The number of benzene rings is 9. The summed E-state index contributed by atoms with van der Waals surface area (Å²) in [6.45, 7) is 0.0588. The van der Waals surface area contributed by atoms with Crippen LogP contribution in [0.25, 0.3) is 84.9 Å². The standard InChI is InChI=1S/C54H32BNS2/c1-3-15-33(16-4-1)36-19-7-9-25-44(36)56(45-26-10-8-20-37(45)34-17-5-2-6-18-34)35-31-40-38-21-11-27-46-50(38)52-42(23-13-29-48(52)57-46)55-43-24-14-30-49-53(43)51-39(41(32-35)54(40)55)22-12-28-47(51)58-49/h1-32H. The molecule has 2 aliphatic rings. The van der Waals surface area contributed by atoms with Gasteiger partial charge < -0.3 is 4.90 Å². The molecule has 268 valence electrons. The molecule has 13 rings (SSSR count). The molecule has 11 aromatic rings. The Hall–Kier alpha value is -6.72. The van der Waals surface area contributed by atoms with E-state index in [2.05, 4.69) is 199 Å². The second kappa shape index (κ2) is 12.4. The molecule has 0 spiro atoms. The van der Waals surface area contributed by atoms with Crippen LogP contribution in [-0.4, -0.2) is 6.71 Å². The van der Waals surface area contributed by atoms with Crippen molar-refractivity contribution in [1.82, 2.24) is 0 Å². The molecule has 2 aliphatic heterocycles. The van der Waals surface area contributed by atoms with Crippen LogP contribution in [0.4, 0.5) is 17.1 Å². The first-order valence-electron chi connectivity index (χ1n) is 20.0. The van der Waals surface area contributed by atoms with Crippen molar-refractivity contribution in [2.45, 2.75) is 0 Å². The first-order chi connectivity index (χ1) is 28.8. The van der Waals surface area contributed by atoms with E-state index >= 15 is 0 Å². The Morgan fingerprint density at radius 3 is 1.21 bits per heavy atom. The molecule has 0 aliphatic carbocycles. The van der Waals surface area contributed by atoms with E-state index in [0.29, 0.717) is 0 Å². The van der Waals surface area contributed by atoms with E-state index in [4.69, 9.17) is 0 Å². The van der Waals surface area contributed by atoms with E-state index in [-0.39, 0.29) is 6.71 Å². The zero-order chi connectivity index (χ0) is 37.9. The molecule has 0 saturated heterocycles. The van der Waals surface area contributed by atoms with Crippen molar-refractivity contribution in [2.24, 2.45) is 0 Å². The van der Waals surface area contributed by atoms with Gasteiger partial charge >= 0.3 is 0 Å². The van der Waals surface area contributed by atoms with Crippen LogP contribution >= 0.6 is 22.7 Å². The van der Waals surface area contributed by atoms with Gasteiger partial charge in [0.1, 0.15) is 0 Å². The van der Waals surface area contributed by atoms with Crippen LogP contribution in [0.5, 0.6) is 0 Å². The first kappa shape index (κ1) is 32.4. The first-order valence-corrected chi connectivity index (χ1v) is 21.6. The molecule has 0 radical (unpaired) electrons. The fourth-order valence-electron chi connectivity index (χ4n) is 10.2. The molecule has 4 heteroatoms. The summed E-state index contributed by atoms with van der Waals surface area (Å²) >= 11 is 3.85. The maximum Gasteiger partial charge on any atom is 0.244 e. The fraction of sp³-hybridized carbons (Fsp3) is 0. The predicted octanol–water partition coefficient (Wildman–Crippen LogP) is 13.7. The Balaban J connectivity index is 1.22. The fourth-order valence-corrected chi connectivity index (χ4v) is 12.5. The Morgan fingerprint density at radius 2 is 0.724 bits per heavy atom. The number of para-hydroxylation sites is 2. The van der Waals surface area contributed by atoms with Crippen molar-refractivity contribution in [3.05, 3.63) is 194 Å². The van der Waals surface area contributed by atoms with Crippen LogP contribution in [-0.2, 0) is 0 Å². The van der Waals surface area contributed by atoms with Gasteiger partial charge in [-0.25, -0.2) is 0 Å². The minimum atomic E-state index is 0.0588. The number of hydrogen-bond donors (Lipinski definition) is 0. The zero-order valence-corrected chi connectivity index (χ0v) is 32.9. The maximum absolute atomic E-state index is 2.54. The predicted molar refractivity (Wildman–Crippen MR) is 253 cm³/mol. The van der Waals surface area contributed by atoms with Crippen LogP contribution in [0, 0.1) is 0 Å². The maximum atomic E-state index is 2.54. The summed E-state index contributed by atoms with van der Waals surface area (Å²) in [6.07, 6.45) is 0. The van der Waals surface area contributed by atoms with Gasteiger partial charge in [0.2, 0.25) is 6.71 Å². The lowest BCUT2D eigenvalue weighted by Gasteiger charge is -2.32. The monoisotopic (exact) mass is 769 g/mol. The number of nitrogens with zero attached hydrogens (tertiary/aromatic N) is 1. The van der Waals surface area contributed by atoms with Crippen molar-refractivity contribution < 1.29 is 0 Å². The quantitative estimate of drug-likeness (QED) is 0.158. The van der Waals surface area contributed by atoms with Crippen molar-refractivity contribution in [2.75, 3.05) is 4.90 Å². The van der Waals surface area contributed by atoms with Crippen molar-refractivity contribution in [3.8, 4) is 44.5 Å². The number of thiophene rings is 2. The summed E-state index contributed by atoms with van der Waals surface area (Å²) in [5, 5.41) is 5.56. The van der Waals surface area contributed by atoms with E-state index < -0.39 is 0 Å². The van der Waals surface area contributed by atoms with Crippen LogP contribution < -0.4 is 21.3 Å². The molecule has 0 saturated carbocycles. The summed E-state index contributed by atoms with van der Waals surface area (Å²) in [6, 6.07) is 72.6. The van der Waals surface area contributed by atoms with Crippen molar-refractivity contribution in [3.63, 3.8) is 0 Å². The van der Waals surface area contributed by atoms with Gasteiger partial charge in [0.05, 0.1) is 11.4 Å². The molecule has 0 bridgehead atoms. The molecule has 58 heavy (non-hydrogen) atoms. The van der Waals surface area contributed by atoms with Crippen LogP contribution in [0.3, 0.4) is 0 Å². The number of anilines is 3. The lowest BCUT2D eigenvalue weighted by molar-refractivity contribution is 1.29. The average molecular weight is 770 g/mol. The molecule has 0 unspecified atom stereocenters. The minimum absolute atomic E-state index is 0.0588. The highest BCUT2D eigenvalue weighted by Gasteiger charge is 2.38. The van der Waals surface area contributed by atoms with E-state index in [1.54, 1.807) is 0 Å². The normalized spacial score (nSPS) is 12.4. The van der Waals surface area contributed by atoms with Gasteiger partial charge in [0.15, 0.2) is 0 Å². The molecular weight excluding hydrogens is 738 g/mol. The highest BCUT2D eigenvalue weighted by Crippen LogP contribution is 2.50. The lowest BCUT2D eigenvalue weighted by Crippen LogP contribution is -2.53. The smallest absolute Gasteiger partial charge is 0.244 e. The Labute approximate surface area is 344 Å². The average Bonchev–Trinajstić information content (AvgIpc) is 3.80. The summed E-state index contributed by atoms with van der Waals surface area (Å²) in [4.78, 5) is 2.54. The topological polar surface area (TPSA) is 3.24 Å². The molecule has 2 aromatic heterocycles. The van der Waals surface area contributed by atoms with Gasteiger partial charge in [-0.15, -0.1) is 22.7 Å². The van der Waals surface area contributed by atoms with Gasteiger partial charge in [0, 0.05) is 46.4 Å². The van der Waals surface area contributed by atoms with E-state index in [1.807, 2.05) is 22.7 Å². The third kappa shape index (κ3) is 4.53. The molecule has 0 fully saturated rings. The molecule has 0 N–H and O–H groups in total. The molecule has 9 aromatic carbocycles. The van der Waals surface area contributed by atoms with Gasteiger partial charge in [-0.05, 0) is 92.7 Å². The molecule has 1 nitrogen and oxygen atoms in total. The van der Waals surface area contributed by atoms with Crippen LogP contribution in [0.15, 0.2) is 194 Å². The Morgan fingerprint density at radius 1 is 0.328 bits per heavy atom. The second-order valence-electron chi connectivity index (χ2n) is 15.5. The number of rotatable bonds is 5. The molecular formula is C54H32BNS2. The molecule has 4 heterocycles. The summed E-state index contributed by atoms with van der Waals surface area (Å²) in [7, 11) is 0. The van der Waals surface area contributed by atoms with E-state index in [0.717, 1.165) is 17.1 Å². The Kier molecular flexibility index (Phi) is 6.92. The Bertz CT molecular complexity index is 3250. The van der Waals surface area contributed by atoms with E-state index in [9.17, 15) is 0 Å². The third-order valence-corrected chi connectivity index (χ3v) is 14.7. The zero-order valence-electron chi connectivity index (χ0n) is 31.3. The SMILES string of the molecule is c1ccc(-c2ccccc2N(c2cc3c4c(c2)-c2cccc5sc6cccc(c6c25)B4c2cccc4sc5cccc-3c5c24)c2ccccc2-c2ccccc2)cc1. The second-order valence-corrected chi connectivity index (χ2v) is 17.7.